The fraction of sp³-hybridized carbons (Fsp3) is 0.500. The first-order chi connectivity index (χ1) is 9.87. The largest absolute Gasteiger partial charge is 0.392 e. The lowest BCUT2D eigenvalue weighted by molar-refractivity contribution is -0.123. The lowest BCUT2D eigenvalue weighted by atomic mass is 10.1. The quantitative estimate of drug-likeness (QED) is 0.408. The highest BCUT2D eigenvalue weighted by atomic mass is 19.1. The molecular formula is C10H13FN6O4. The van der Waals surface area contributed by atoms with Gasteiger partial charge in [0.15, 0.2) is 29.3 Å². The highest BCUT2D eigenvalue weighted by Crippen LogP contribution is 2.36. The van der Waals surface area contributed by atoms with Gasteiger partial charge < -0.3 is 20.7 Å². The van der Waals surface area contributed by atoms with E-state index in [-0.39, 0.29) is 17.1 Å². The van der Waals surface area contributed by atoms with Crippen LogP contribution in [-0.2, 0) is 4.74 Å². The predicted octanol–water partition coefficient (Wildman–Crippen LogP) is -2.42. The first-order valence-corrected chi connectivity index (χ1v) is 5.99. The monoisotopic (exact) mass is 300 g/mol. The van der Waals surface area contributed by atoms with Gasteiger partial charge in [-0.3, -0.25) is 20.1 Å². The average Bonchev–Trinajstić information content (AvgIpc) is 2.95. The molecule has 0 amide bonds. The fourth-order valence-corrected chi connectivity index (χ4v) is 2.26. The van der Waals surface area contributed by atoms with Gasteiger partial charge in [0, 0.05) is 0 Å². The molecule has 2 aromatic rings. The molecular weight excluding hydrogens is 287 g/mol. The number of nitrogens with zero attached hydrogens (tertiary/aromatic N) is 3. The van der Waals surface area contributed by atoms with Crippen molar-refractivity contribution in [1.29, 1.82) is 0 Å². The number of aromatic amines is 1. The lowest BCUT2D eigenvalue weighted by Crippen LogP contribution is -2.53. The molecule has 1 aliphatic heterocycles. The molecule has 0 saturated carbocycles. The summed E-state index contributed by atoms with van der Waals surface area (Å²) < 4.78 is 20.5. The Kier molecular flexibility index (Phi) is 2.95. The highest BCUT2D eigenvalue weighted by molar-refractivity contribution is 5.70. The highest BCUT2D eigenvalue weighted by Gasteiger charge is 2.54. The van der Waals surface area contributed by atoms with E-state index in [1.54, 1.807) is 0 Å². The number of rotatable bonds is 2. The van der Waals surface area contributed by atoms with Gasteiger partial charge in [-0.2, -0.15) is 4.98 Å². The SMILES string of the molecule is Nc1nc2c(ncn2[C@@H]2O[C@](N)(CO)[C@@H](O)[C@H]2F)c(=O)[nH]1. The lowest BCUT2D eigenvalue weighted by Gasteiger charge is -2.24. The van der Waals surface area contributed by atoms with Crippen LogP contribution in [0.15, 0.2) is 11.1 Å². The maximum atomic E-state index is 14.2. The summed E-state index contributed by atoms with van der Waals surface area (Å²) in [5.74, 6) is -0.177. The Morgan fingerprint density at radius 2 is 2.33 bits per heavy atom. The zero-order valence-electron chi connectivity index (χ0n) is 10.6. The van der Waals surface area contributed by atoms with Gasteiger partial charge in [0.2, 0.25) is 5.95 Å². The number of H-pyrrole nitrogens is 1. The number of imidazole rings is 1. The summed E-state index contributed by atoms with van der Waals surface area (Å²) in [6, 6.07) is 0. The van der Waals surface area contributed by atoms with Crippen LogP contribution in [0, 0.1) is 0 Å². The Morgan fingerprint density at radius 1 is 1.62 bits per heavy atom. The molecule has 0 unspecified atom stereocenters. The number of ether oxygens (including phenoxy) is 1. The Balaban J connectivity index is 2.12. The van der Waals surface area contributed by atoms with Gasteiger partial charge in [0.1, 0.15) is 6.10 Å². The van der Waals surface area contributed by atoms with Crippen LogP contribution in [0.3, 0.4) is 0 Å². The molecule has 4 atom stereocenters. The topological polar surface area (TPSA) is 165 Å². The van der Waals surface area contributed by atoms with Crippen LogP contribution < -0.4 is 17.0 Å². The van der Waals surface area contributed by atoms with Crippen molar-refractivity contribution < 1.29 is 19.3 Å². The standard InChI is InChI=1S/C10H13FN6O4/c11-3-5(19)10(13,1-18)21-8(3)17-2-14-4-6(17)15-9(12)16-7(4)20/h2-3,5,8,18-19H,1,13H2,(H3,12,15,16,20)/t3-,5+,8-,10-/m1/s1. The molecule has 7 N–H and O–H groups in total. The van der Waals surface area contributed by atoms with Crippen LogP contribution in [-0.4, -0.2) is 54.3 Å². The molecule has 10 nitrogen and oxygen atoms in total. The number of nitrogen functional groups attached to an aromatic ring is 1. The maximum absolute atomic E-state index is 14.2. The Morgan fingerprint density at radius 3 is 2.95 bits per heavy atom. The van der Waals surface area contributed by atoms with Crippen LogP contribution in [0.25, 0.3) is 11.2 Å². The molecule has 1 fully saturated rings. The minimum Gasteiger partial charge on any atom is -0.392 e. The van der Waals surface area contributed by atoms with Crippen molar-refractivity contribution in [2.75, 3.05) is 12.3 Å². The number of hydrogen-bond acceptors (Lipinski definition) is 8. The Hall–Kier alpha value is -2.08. The smallest absolute Gasteiger partial charge is 0.280 e. The van der Waals surface area contributed by atoms with Crippen LogP contribution in [0.2, 0.25) is 0 Å². The van der Waals surface area contributed by atoms with E-state index in [1.807, 2.05) is 0 Å². The van der Waals surface area contributed by atoms with Gasteiger partial charge in [0.05, 0.1) is 12.9 Å². The molecule has 0 radical (unpaired) electrons. The van der Waals surface area contributed by atoms with E-state index in [2.05, 4.69) is 15.0 Å². The number of alkyl halides is 1. The third-order valence-corrected chi connectivity index (χ3v) is 3.39. The molecule has 11 heteroatoms. The minimum atomic E-state index is -1.95. The number of aliphatic hydroxyl groups excluding tert-OH is 2. The summed E-state index contributed by atoms with van der Waals surface area (Å²) in [7, 11) is 0. The first kappa shape index (κ1) is 13.9. The summed E-state index contributed by atoms with van der Waals surface area (Å²) in [5, 5.41) is 18.9. The second-order valence-electron chi connectivity index (χ2n) is 4.79. The molecule has 3 heterocycles. The molecule has 3 rings (SSSR count). The minimum absolute atomic E-state index is 0.0155. The average molecular weight is 300 g/mol. The molecule has 0 aromatic carbocycles. The van der Waals surface area contributed by atoms with Crippen molar-refractivity contribution in [2.45, 2.75) is 24.2 Å². The summed E-state index contributed by atoms with van der Waals surface area (Å²) in [4.78, 5) is 21.6. The molecule has 0 bridgehead atoms. The van der Waals surface area contributed by atoms with E-state index in [1.165, 1.54) is 0 Å². The van der Waals surface area contributed by atoms with Gasteiger partial charge in [-0.1, -0.05) is 0 Å². The Bertz CT molecular complexity index is 747. The van der Waals surface area contributed by atoms with Crippen molar-refractivity contribution in [3.8, 4) is 0 Å². The van der Waals surface area contributed by atoms with Gasteiger partial charge >= 0.3 is 0 Å². The third-order valence-electron chi connectivity index (χ3n) is 3.39. The van der Waals surface area contributed by atoms with Crippen molar-refractivity contribution in [2.24, 2.45) is 5.73 Å². The number of fused-ring (bicyclic) bond motifs is 1. The molecule has 0 spiro atoms. The van der Waals surface area contributed by atoms with E-state index in [0.29, 0.717) is 0 Å². The molecule has 1 saturated heterocycles. The third kappa shape index (κ3) is 1.90. The zero-order chi connectivity index (χ0) is 15.4. The van der Waals surface area contributed by atoms with Crippen molar-refractivity contribution >= 4 is 17.1 Å². The number of nitrogens with two attached hydrogens (primary N) is 2. The zero-order valence-corrected chi connectivity index (χ0v) is 10.6. The molecule has 2 aromatic heterocycles. The van der Waals surface area contributed by atoms with E-state index in [4.69, 9.17) is 21.3 Å². The van der Waals surface area contributed by atoms with Crippen LogP contribution >= 0.6 is 0 Å². The fourth-order valence-electron chi connectivity index (χ4n) is 2.26. The second-order valence-corrected chi connectivity index (χ2v) is 4.79. The molecule has 21 heavy (non-hydrogen) atoms. The molecule has 0 aliphatic carbocycles. The van der Waals surface area contributed by atoms with Gasteiger partial charge in [-0.05, 0) is 0 Å². The van der Waals surface area contributed by atoms with Crippen molar-refractivity contribution in [3.05, 3.63) is 16.7 Å². The van der Waals surface area contributed by atoms with E-state index in [0.717, 1.165) is 10.9 Å². The van der Waals surface area contributed by atoms with E-state index in [9.17, 15) is 14.3 Å². The van der Waals surface area contributed by atoms with Crippen molar-refractivity contribution in [3.63, 3.8) is 0 Å². The number of nitrogens with one attached hydrogen (secondary N) is 1. The molecule has 1 aliphatic rings. The number of aromatic nitrogens is 4. The number of halogens is 1. The van der Waals surface area contributed by atoms with Gasteiger partial charge in [0.25, 0.3) is 5.56 Å². The number of anilines is 1. The number of hydrogen-bond donors (Lipinski definition) is 5. The van der Waals surface area contributed by atoms with Crippen LogP contribution in [0.1, 0.15) is 6.23 Å². The van der Waals surface area contributed by atoms with E-state index < -0.39 is 36.4 Å². The molecule has 114 valence electrons. The van der Waals surface area contributed by atoms with Crippen molar-refractivity contribution in [1.82, 2.24) is 19.5 Å². The van der Waals surface area contributed by atoms with Gasteiger partial charge in [-0.25, -0.2) is 9.37 Å². The van der Waals surface area contributed by atoms with E-state index >= 15 is 0 Å². The maximum Gasteiger partial charge on any atom is 0.280 e. The summed E-state index contributed by atoms with van der Waals surface area (Å²) >= 11 is 0. The van der Waals surface area contributed by atoms with Crippen LogP contribution in [0.4, 0.5) is 10.3 Å². The Labute approximate surface area is 116 Å². The summed E-state index contributed by atoms with van der Waals surface area (Å²) in [5.41, 5.74) is 8.40. The normalized spacial score (nSPS) is 32.9. The summed E-state index contributed by atoms with van der Waals surface area (Å²) in [6.45, 7) is -0.784. The summed E-state index contributed by atoms with van der Waals surface area (Å²) in [6.07, 6.45) is -3.96. The van der Waals surface area contributed by atoms with Crippen LogP contribution in [0.5, 0.6) is 0 Å². The predicted molar refractivity (Wildman–Crippen MR) is 67.6 cm³/mol. The number of aliphatic hydroxyl groups is 2. The first-order valence-electron chi connectivity index (χ1n) is 5.99. The second kappa shape index (κ2) is 4.46. The van der Waals surface area contributed by atoms with Gasteiger partial charge in [-0.15, -0.1) is 0 Å².